The van der Waals surface area contributed by atoms with Crippen LogP contribution in [0.4, 0.5) is 0 Å². The second kappa shape index (κ2) is 18.0. The molecular weight excluding hydrogens is 256 g/mol. The molecule has 2 N–H and O–H groups in total. The van der Waals surface area contributed by atoms with E-state index in [0.717, 1.165) is 13.0 Å². The minimum absolute atomic E-state index is 0.837. The predicted molar refractivity (Wildman–Crippen MR) is 96.9 cm³/mol. The third-order valence-corrected chi connectivity index (χ3v) is 4.33. The van der Waals surface area contributed by atoms with Crippen LogP contribution in [0.1, 0.15) is 97.3 Å². The van der Waals surface area contributed by atoms with E-state index in [1.54, 1.807) is 0 Å². The monoisotopic (exact) mass is 298 g/mol. The van der Waals surface area contributed by atoms with Crippen molar-refractivity contribution in [2.45, 2.75) is 97.3 Å². The molecule has 0 radical (unpaired) electrons. The molecule has 0 unspecified atom stereocenters. The van der Waals surface area contributed by atoms with Gasteiger partial charge in [0.15, 0.2) is 0 Å². The third kappa shape index (κ3) is 16.1. The Hall–Kier alpha value is -0.0800. The van der Waals surface area contributed by atoms with Crippen LogP contribution in [0.25, 0.3) is 0 Å². The van der Waals surface area contributed by atoms with Gasteiger partial charge in [-0.15, -0.1) is 0 Å². The summed E-state index contributed by atoms with van der Waals surface area (Å²) in [6, 6.07) is 0. The molecule has 0 aromatic heterocycles. The Bertz CT molecular complexity index is 166. The Labute approximate surface area is 134 Å². The van der Waals surface area contributed by atoms with Gasteiger partial charge in [0.25, 0.3) is 0 Å². The topological polar surface area (TPSA) is 29.3 Å². The summed E-state index contributed by atoms with van der Waals surface area (Å²) in [4.78, 5) is 2.66. The summed E-state index contributed by atoms with van der Waals surface area (Å²) in [7, 11) is 0. The minimum Gasteiger partial charge on any atom is -0.330 e. The van der Waals surface area contributed by atoms with Crippen LogP contribution < -0.4 is 5.73 Å². The van der Waals surface area contributed by atoms with Gasteiger partial charge in [-0.1, -0.05) is 78.1 Å². The molecule has 0 aromatic carbocycles. The molecule has 0 heterocycles. The maximum atomic E-state index is 5.67. The summed E-state index contributed by atoms with van der Waals surface area (Å²) in [5.74, 6) is 0. The van der Waals surface area contributed by atoms with E-state index in [0.29, 0.717) is 0 Å². The molecule has 0 saturated carbocycles. The Morgan fingerprint density at radius 2 is 0.905 bits per heavy atom. The lowest BCUT2D eigenvalue weighted by Gasteiger charge is -2.22. The number of hydrogen-bond acceptors (Lipinski definition) is 2. The van der Waals surface area contributed by atoms with Crippen molar-refractivity contribution in [3.8, 4) is 0 Å². The van der Waals surface area contributed by atoms with Crippen molar-refractivity contribution in [1.29, 1.82) is 0 Å². The molecule has 0 rings (SSSR count). The first kappa shape index (κ1) is 20.9. The average molecular weight is 299 g/mol. The van der Waals surface area contributed by atoms with Crippen LogP contribution in [0.3, 0.4) is 0 Å². The Balaban J connectivity index is 3.56. The first-order chi connectivity index (χ1) is 10.3. The van der Waals surface area contributed by atoms with Crippen LogP contribution in [0.5, 0.6) is 0 Å². The predicted octanol–water partition coefficient (Wildman–Crippen LogP) is 5.36. The van der Waals surface area contributed by atoms with Gasteiger partial charge < -0.3 is 10.6 Å². The van der Waals surface area contributed by atoms with Crippen molar-refractivity contribution in [1.82, 2.24) is 4.90 Å². The van der Waals surface area contributed by atoms with Gasteiger partial charge in [0.1, 0.15) is 0 Å². The van der Waals surface area contributed by atoms with Crippen molar-refractivity contribution in [2.75, 3.05) is 26.2 Å². The quantitative estimate of drug-likeness (QED) is 0.366. The Morgan fingerprint density at radius 3 is 1.33 bits per heavy atom. The number of rotatable bonds is 17. The number of hydrogen-bond donors (Lipinski definition) is 1. The molecule has 0 aliphatic heterocycles. The lowest BCUT2D eigenvalue weighted by atomic mass is 10.1. The highest BCUT2D eigenvalue weighted by Crippen LogP contribution is 2.09. The van der Waals surface area contributed by atoms with E-state index >= 15 is 0 Å². The van der Waals surface area contributed by atoms with Crippen molar-refractivity contribution in [2.24, 2.45) is 5.73 Å². The van der Waals surface area contributed by atoms with Gasteiger partial charge in [-0.25, -0.2) is 0 Å². The molecule has 0 aromatic rings. The molecular formula is C19H42N2. The van der Waals surface area contributed by atoms with Crippen molar-refractivity contribution in [3.63, 3.8) is 0 Å². The third-order valence-electron chi connectivity index (χ3n) is 4.33. The van der Waals surface area contributed by atoms with E-state index in [4.69, 9.17) is 5.73 Å². The van der Waals surface area contributed by atoms with E-state index in [2.05, 4.69) is 18.7 Å². The molecule has 0 atom stereocenters. The maximum Gasteiger partial charge on any atom is -0.000672 e. The first-order valence-corrected chi connectivity index (χ1v) is 9.77. The number of nitrogens with two attached hydrogens (primary N) is 1. The van der Waals surface area contributed by atoms with E-state index in [1.807, 2.05) is 0 Å². The molecule has 21 heavy (non-hydrogen) atoms. The van der Waals surface area contributed by atoms with Gasteiger partial charge in [-0.3, -0.25) is 0 Å². The molecule has 2 heteroatoms. The van der Waals surface area contributed by atoms with Crippen LogP contribution in [0, 0.1) is 0 Å². The molecule has 0 spiro atoms. The Kier molecular flexibility index (Phi) is 17.9. The van der Waals surface area contributed by atoms with Gasteiger partial charge in [0, 0.05) is 0 Å². The van der Waals surface area contributed by atoms with Crippen molar-refractivity contribution >= 4 is 0 Å². The van der Waals surface area contributed by atoms with Gasteiger partial charge >= 0.3 is 0 Å². The summed E-state index contributed by atoms with van der Waals surface area (Å²) in [6.45, 7) is 9.20. The minimum atomic E-state index is 0.837. The summed E-state index contributed by atoms with van der Waals surface area (Å²) < 4.78 is 0. The van der Waals surface area contributed by atoms with Gasteiger partial charge in [0.05, 0.1) is 0 Å². The molecule has 0 bridgehead atoms. The molecule has 0 amide bonds. The zero-order valence-corrected chi connectivity index (χ0v) is 15.0. The highest BCUT2D eigenvalue weighted by molar-refractivity contribution is 4.60. The van der Waals surface area contributed by atoms with Crippen molar-refractivity contribution in [3.05, 3.63) is 0 Å². The van der Waals surface area contributed by atoms with Crippen LogP contribution in [0.2, 0.25) is 0 Å². The molecule has 2 nitrogen and oxygen atoms in total. The molecule has 0 saturated heterocycles. The number of unbranched alkanes of at least 4 members (excludes halogenated alkanes) is 10. The average Bonchev–Trinajstić information content (AvgIpc) is 2.50. The van der Waals surface area contributed by atoms with Gasteiger partial charge in [-0.2, -0.15) is 0 Å². The standard InChI is InChI=1S/C19H42N2/c1-3-5-7-9-11-13-17-21(19-15-16-20)18-14-12-10-8-6-4-2/h3-20H2,1-2H3. The summed E-state index contributed by atoms with van der Waals surface area (Å²) in [6.07, 6.45) is 18.0. The zero-order valence-electron chi connectivity index (χ0n) is 15.0. The molecule has 0 fully saturated rings. The van der Waals surface area contributed by atoms with Crippen LogP contribution in [-0.2, 0) is 0 Å². The highest BCUT2D eigenvalue weighted by Gasteiger charge is 2.04. The lowest BCUT2D eigenvalue weighted by molar-refractivity contribution is 0.258. The fraction of sp³-hybridized carbons (Fsp3) is 1.00. The second-order valence-corrected chi connectivity index (χ2v) is 6.52. The van der Waals surface area contributed by atoms with Crippen LogP contribution >= 0.6 is 0 Å². The molecule has 0 aliphatic rings. The molecule has 0 aliphatic carbocycles. The Morgan fingerprint density at radius 1 is 0.524 bits per heavy atom. The fourth-order valence-electron chi connectivity index (χ4n) is 2.88. The summed E-state index contributed by atoms with van der Waals surface area (Å²) in [5, 5.41) is 0. The van der Waals surface area contributed by atoms with Crippen LogP contribution in [-0.4, -0.2) is 31.1 Å². The van der Waals surface area contributed by atoms with Gasteiger partial charge in [-0.05, 0) is 45.4 Å². The molecule has 128 valence electrons. The smallest absolute Gasteiger partial charge is 0.000672 e. The largest absolute Gasteiger partial charge is 0.330 e. The van der Waals surface area contributed by atoms with Crippen molar-refractivity contribution < 1.29 is 0 Å². The van der Waals surface area contributed by atoms with E-state index in [1.165, 1.54) is 96.7 Å². The van der Waals surface area contributed by atoms with Crippen LogP contribution in [0.15, 0.2) is 0 Å². The SMILES string of the molecule is CCCCCCCCN(CCCN)CCCCCCCC. The fourth-order valence-corrected chi connectivity index (χ4v) is 2.88. The normalized spacial score (nSPS) is 11.4. The highest BCUT2D eigenvalue weighted by atomic mass is 15.1. The number of nitrogens with zero attached hydrogens (tertiary/aromatic N) is 1. The van der Waals surface area contributed by atoms with E-state index in [9.17, 15) is 0 Å². The van der Waals surface area contributed by atoms with E-state index in [-0.39, 0.29) is 0 Å². The second-order valence-electron chi connectivity index (χ2n) is 6.52. The summed E-state index contributed by atoms with van der Waals surface area (Å²) in [5.41, 5.74) is 5.67. The first-order valence-electron chi connectivity index (χ1n) is 9.77. The zero-order chi connectivity index (χ0) is 15.6. The van der Waals surface area contributed by atoms with E-state index < -0.39 is 0 Å². The van der Waals surface area contributed by atoms with Gasteiger partial charge in [0.2, 0.25) is 0 Å². The summed E-state index contributed by atoms with van der Waals surface area (Å²) >= 11 is 0. The maximum absolute atomic E-state index is 5.67. The lowest BCUT2D eigenvalue weighted by Crippen LogP contribution is -2.28.